The molecule has 0 aromatic rings. The maximum absolute atomic E-state index is 2.67. The normalized spacial score (nSPS) is 16.3. The van der Waals surface area contributed by atoms with E-state index in [9.17, 15) is 0 Å². The van der Waals surface area contributed by atoms with E-state index in [2.05, 4.69) is 18.7 Å². The lowest BCUT2D eigenvalue weighted by molar-refractivity contribution is 0.339. The number of hydrogen-bond acceptors (Lipinski definition) is 1. The summed E-state index contributed by atoms with van der Waals surface area (Å²) in [4.78, 5) is 2.67. The van der Waals surface area contributed by atoms with Crippen molar-refractivity contribution in [2.24, 2.45) is 0 Å². The lowest BCUT2D eigenvalue weighted by Gasteiger charge is -2.16. The summed E-state index contributed by atoms with van der Waals surface area (Å²) in [6.45, 7) is 7.39. The number of rotatable bonds is 16. The molecule has 1 saturated heterocycles. The summed E-state index contributed by atoms with van der Waals surface area (Å²) in [5.74, 6) is 0. The molecule has 1 nitrogen and oxygen atoms in total. The van der Waals surface area contributed by atoms with Gasteiger partial charge in [0, 0.05) is 19.1 Å². The molecule has 0 radical (unpaired) electrons. The minimum atomic E-state index is 0.929. The Balaban J connectivity index is 1.76. The minimum Gasteiger partial charge on any atom is -0.298 e. The molecule has 0 aromatic heterocycles. The zero-order valence-electron chi connectivity index (χ0n) is 15.0. The van der Waals surface area contributed by atoms with Crippen LogP contribution >= 0.6 is 0 Å². The highest BCUT2D eigenvalue weighted by Crippen LogP contribution is 2.21. The fourth-order valence-corrected chi connectivity index (χ4v) is 3.49. The largest absolute Gasteiger partial charge is 0.298 e. The fourth-order valence-electron chi connectivity index (χ4n) is 3.49. The second-order valence-electron chi connectivity index (χ2n) is 7.16. The molecule has 0 amide bonds. The Bertz CT molecular complexity index is 210. The van der Waals surface area contributed by atoms with E-state index in [4.69, 9.17) is 0 Å². The molecule has 1 fully saturated rings. The Hall–Kier alpha value is -0.0400. The standard InChI is InChI=1S/C20H41N/c1-3-5-6-7-8-9-10-11-12-13-14-15-17-20(16-4-2)21-18-19-21/h20H,3-19H2,1-2H3. The molecular formula is C20H41N. The van der Waals surface area contributed by atoms with Crippen LogP contribution in [0.3, 0.4) is 0 Å². The molecule has 1 heterocycles. The van der Waals surface area contributed by atoms with Gasteiger partial charge in [-0.1, -0.05) is 97.3 Å². The molecule has 1 heteroatoms. The van der Waals surface area contributed by atoms with Gasteiger partial charge in [-0.3, -0.25) is 4.90 Å². The predicted molar refractivity (Wildman–Crippen MR) is 96.0 cm³/mol. The summed E-state index contributed by atoms with van der Waals surface area (Å²) in [6, 6.07) is 0.929. The van der Waals surface area contributed by atoms with Crippen molar-refractivity contribution in [3.05, 3.63) is 0 Å². The molecule has 126 valence electrons. The molecule has 1 aliphatic rings. The number of hydrogen-bond donors (Lipinski definition) is 0. The first-order chi connectivity index (χ1) is 10.4. The van der Waals surface area contributed by atoms with Crippen molar-refractivity contribution in [3.63, 3.8) is 0 Å². The Labute approximate surface area is 134 Å². The molecule has 1 unspecified atom stereocenters. The maximum atomic E-state index is 2.67. The molecular weight excluding hydrogens is 254 g/mol. The Kier molecular flexibility index (Phi) is 12.3. The molecule has 1 aliphatic heterocycles. The molecule has 0 saturated carbocycles. The van der Waals surface area contributed by atoms with Gasteiger partial charge in [-0.2, -0.15) is 0 Å². The van der Waals surface area contributed by atoms with Crippen LogP contribution < -0.4 is 0 Å². The smallest absolute Gasteiger partial charge is 0.0113 e. The van der Waals surface area contributed by atoms with Gasteiger partial charge >= 0.3 is 0 Å². The summed E-state index contributed by atoms with van der Waals surface area (Å²) >= 11 is 0. The zero-order valence-corrected chi connectivity index (χ0v) is 15.0. The van der Waals surface area contributed by atoms with Gasteiger partial charge in [0.2, 0.25) is 0 Å². The average molecular weight is 296 g/mol. The molecule has 1 rings (SSSR count). The average Bonchev–Trinajstić information content (AvgIpc) is 3.32. The van der Waals surface area contributed by atoms with Gasteiger partial charge in [0.05, 0.1) is 0 Å². The van der Waals surface area contributed by atoms with Gasteiger partial charge in [0.15, 0.2) is 0 Å². The lowest BCUT2D eigenvalue weighted by atomic mass is 10.0. The van der Waals surface area contributed by atoms with Crippen molar-refractivity contribution in [1.29, 1.82) is 0 Å². The first-order valence-electron chi connectivity index (χ1n) is 10.1. The van der Waals surface area contributed by atoms with Gasteiger partial charge in [-0.15, -0.1) is 0 Å². The number of unbranched alkanes of at least 4 members (excludes halogenated alkanes) is 11. The molecule has 21 heavy (non-hydrogen) atoms. The van der Waals surface area contributed by atoms with Gasteiger partial charge in [-0.25, -0.2) is 0 Å². The first-order valence-corrected chi connectivity index (χ1v) is 10.1. The van der Waals surface area contributed by atoms with E-state index in [1.807, 2.05) is 0 Å². The topological polar surface area (TPSA) is 3.01 Å². The van der Waals surface area contributed by atoms with Crippen LogP contribution in [-0.2, 0) is 0 Å². The fraction of sp³-hybridized carbons (Fsp3) is 1.00. The van der Waals surface area contributed by atoms with Gasteiger partial charge < -0.3 is 0 Å². The highest BCUT2D eigenvalue weighted by atomic mass is 15.3. The molecule has 1 atom stereocenters. The molecule has 0 spiro atoms. The highest BCUT2D eigenvalue weighted by Gasteiger charge is 2.25. The summed E-state index contributed by atoms with van der Waals surface area (Å²) in [5, 5.41) is 0. The van der Waals surface area contributed by atoms with Crippen molar-refractivity contribution >= 4 is 0 Å². The van der Waals surface area contributed by atoms with Crippen molar-refractivity contribution in [1.82, 2.24) is 4.90 Å². The van der Waals surface area contributed by atoms with Crippen LogP contribution in [0.5, 0.6) is 0 Å². The monoisotopic (exact) mass is 295 g/mol. The van der Waals surface area contributed by atoms with Crippen molar-refractivity contribution in [2.75, 3.05) is 13.1 Å². The van der Waals surface area contributed by atoms with E-state index >= 15 is 0 Å². The van der Waals surface area contributed by atoms with Crippen LogP contribution in [0.25, 0.3) is 0 Å². The third-order valence-corrected chi connectivity index (χ3v) is 5.01. The van der Waals surface area contributed by atoms with Gasteiger partial charge in [0.1, 0.15) is 0 Å². The van der Waals surface area contributed by atoms with Crippen LogP contribution in [0.2, 0.25) is 0 Å². The van der Waals surface area contributed by atoms with E-state index < -0.39 is 0 Å². The van der Waals surface area contributed by atoms with E-state index in [1.54, 1.807) is 0 Å². The molecule has 0 aliphatic carbocycles. The van der Waals surface area contributed by atoms with Crippen molar-refractivity contribution in [2.45, 2.75) is 116 Å². The molecule has 0 N–H and O–H groups in total. The number of nitrogens with zero attached hydrogens (tertiary/aromatic N) is 1. The Morgan fingerprint density at radius 3 is 1.48 bits per heavy atom. The van der Waals surface area contributed by atoms with E-state index in [0.717, 1.165) is 6.04 Å². The van der Waals surface area contributed by atoms with Crippen LogP contribution in [0.15, 0.2) is 0 Å². The molecule has 0 aromatic carbocycles. The van der Waals surface area contributed by atoms with Crippen LogP contribution in [0.1, 0.15) is 110 Å². The third-order valence-electron chi connectivity index (χ3n) is 5.01. The van der Waals surface area contributed by atoms with E-state index in [-0.39, 0.29) is 0 Å². The SMILES string of the molecule is CCCCCCCCCCCCCCC(CCC)N1CC1. The first kappa shape index (κ1) is 19.0. The zero-order chi connectivity index (χ0) is 15.2. The Morgan fingerprint density at radius 1 is 0.571 bits per heavy atom. The van der Waals surface area contributed by atoms with Crippen LogP contribution in [0.4, 0.5) is 0 Å². The summed E-state index contributed by atoms with van der Waals surface area (Å²) in [7, 11) is 0. The summed E-state index contributed by atoms with van der Waals surface area (Å²) in [6.07, 6.45) is 21.8. The maximum Gasteiger partial charge on any atom is 0.0113 e. The Morgan fingerprint density at radius 2 is 1.05 bits per heavy atom. The van der Waals surface area contributed by atoms with E-state index in [0.29, 0.717) is 0 Å². The van der Waals surface area contributed by atoms with Crippen LogP contribution in [-0.4, -0.2) is 24.0 Å². The molecule has 0 bridgehead atoms. The van der Waals surface area contributed by atoms with Crippen molar-refractivity contribution in [3.8, 4) is 0 Å². The minimum absolute atomic E-state index is 0.929. The predicted octanol–water partition coefficient (Wildman–Crippen LogP) is 6.56. The van der Waals surface area contributed by atoms with E-state index in [1.165, 1.54) is 109 Å². The highest BCUT2D eigenvalue weighted by molar-refractivity contribution is 4.81. The summed E-state index contributed by atoms with van der Waals surface area (Å²) < 4.78 is 0. The second kappa shape index (κ2) is 13.6. The van der Waals surface area contributed by atoms with Crippen LogP contribution in [0, 0.1) is 0 Å². The van der Waals surface area contributed by atoms with Crippen molar-refractivity contribution < 1.29 is 0 Å². The lowest BCUT2D eigenvalue weighted by Crippen LogP contribution is -2.18. The second-order valence-corrected chi connectivity index (χ2v) is 7.16. The third kappa shape index (κ3) is 11.2. The quantitative estimate of drug-likeness (QED) is 0.230. The summed E-state index contributed by atoms with van der Waals surface area (Å²) in [5.41, 5.74) is 0. The van der Waals surface area contributed by atoms with Gasteiger partial charge in [-0.05, 0) is 12.8 Å². The van der Waals surface area contributed by atoms with Gasteiger partial charge in [0.25, 0.3) is 0 Å².